The van der Waals surface area contributed by atoms with Crippen LogP contribution in [0.25, 0.3) is 0 Å². The normalized spacial score (nSPS) is 10.2. The smallest absolute Gasteiger partial charge is 0.248 e. The van der Waals surface area contributed by atoms with E-state index in [0.29, 0.717) is 11.8 Å². The lowest BCUT2D eigenvalue weighted by Crippen LogP contribution is -2.20. The maximum Gasteiger partial charge on any atom is 0.248 e. The first kappa shape index (κ1) is 11.5. The van der Waals surface area contributed by atoms with E-state index in [1.807, 2.05) is 0 Å². The predicted molar refractivity (Wildman–Crippen MR) is 56.9 cm³/mol. The number of anilines is 1. The third kappa shape index (κ3) is 4.42. The van der Waals surface area contributed by atoms with Crippen LogP contribution in [0.1, 0.15) is 0 Å². The molecule has 1 N–H and O–H groups in total. The summed E-state index contributed by atoms with van der Waals surface area (Å²) < 4.78 is 0.894. The van der Waals surface area contributed by atoms with Crippen LogP contribution in [-0.2, 0) is 9.59 Å². The molecule has 0 aliphatic carbocycles. The van der Waals surface area contributed by atoms with Gasteiger partial charge in [0.25, 0.3) is 0 Å². The van der Waals surface area contributed by atoms with Gasteiger partial charge in [0.2, 0.25) is 5.91 Å². The molecule has 0 spiro atoms. The van der Waals surface area contributed by atoms with Crippen LogP contribution < -0.4 is 10.4 Å². The Labute approximate surface area is 94.7 Å². The number of carbonyl (C=O) groups is 2. The number of amides is 1. The van der Waals surface area contributed by atoms with Crippen LogP contribution >= 0.6 is 15.9 Å². The summed E-state index contributed by atoms with van der Waals surface area (Å²) in [5.74, 6) is -1.91. The van der Waals surface area contributed by atoms with E-state index in [1.54, 1.807) is 24.3 Å². The van der Waals surface area contributed by atoms with Gasteiger partial charge < -0.3 is 15.2 Å². The van der Waals surface area contributed by atoms with E-state index in [4.69, 9.17) is 0 Å². The van der Waals surface area contributed by atoms with Gasteiger partial charge in [0.05, 0.1) is 5.97 Å². The minimum absolute atomic E-state index is 0.512. The second-order valence-electron chi connectivity index (χ2n) is 2.65. The lowest BCUT2D eigenvalue weighted by molar-refractivity contribution is -0.297. The fourth-order valence-electron chi connectivity index (χ4n) is 0.861. The van der Waals surface area contributed by atoms with Crippen molar-refractivity contribution in [1.29, 1.82) is 0 Å². The highest BCUT2D eigenvalue weighted by Gasteiger charge is 1.96. The third-order valence-corrected chi connectivity index (χ3v) is 2.01. The molecule has 78 valence electrons. The summed E-state index contributed by atoms with van der Waals surface area (Å²) in [7, 11) is 0. The molecule has 0 atom stereocenters. The van der Waals surface area contributed by atoms with E-state index in [2.05, 4.69) is 21.2 Å². The first-order valence-corrected chi connectivity index (χ1v) is 4.83. The number of halogens is 1. The number of aliphatic carboxylic acids is 1. The number of nitrogens with one attached hydrogen (secondary N) is 1. The summed E-state index contributed by atoms with van der Waals surface area (Å²) in [6.45, 7) is 0. The third-order valence-electron chi connectivity index (χ3n) is 1.48. The van der Waals surface area contributed by atoms with Gasteiger partial charge in [0, 0.05) is 16.2 Å². The quantitative estimate of drug-likeness (QED) is 0.821. The first-order valence-electron chi connectivity index (χ1n) is 4.03. The van der Waals surface area contributed by atoms with Gasteiger partial charge >= 0.3 is 0 Å². The number of carbonyl (C=O) groups excluding carboxylic acids is 2. The van der Waals surface area contributed by atoms with Crippen molar-refractivity contribution in [3.8, 4) is 0 Å². The van der Waals surface area contributed by atoms with E-state index in [1.165, 1.54) is 0 Å². The summed E-state index contributed by atoms with van der Waals surface area (Å²) in [4.78, 5) is 21.1. The van der Waals surface area contributed by atoms with Gasteiger partial charge in [0.15, 0.2) is 0 Å². The number of hydrogen-bond donors (Lipinski definition) is 1. The fraction of sp³-hybridized carbons (Fsp3) is 0. The zero-order valence-electron chi connectivity index (χ0n) is 7.57. The van der Waals surface area contributed by atoms with Gasteiger partial charge in [-0.05, 0) is 30.3 Å². The molecule has 4 nitrogen and oxygen atoms in total. The average molecular weight is 269 g/mol. The molecule has 0 fully saturated rings. The second kappa shape index (κ2) is 5.31. The Kier molecular flexibility index (Phi) is 4.05. The van der Waals surface area contributed by atoms with E-state index in [-0.39, 0.29) is 0 Å². The molecule has 0 radical (unpaired) electrons. The van der Waals surface area contributed by atoms with Crippen LogP contribution in [0, 0.1) is 0 Å². The molecule has 0 heterocycles. The molecule has 0 unspecified atom stereocenters. The van der Waals surface area contributed by atoms with Gasteiger partial charge in [-0.15, -0.1) is 0 Å². The average Bonchev–Trinajstić information content (AvgIpc) is 2.19. The number of rotatable bonds is 3. The van der Waals surface area contributed by atoms with Crippen molar-refractivity contribution in [2.24, 2.45) is 0 Å². The standard InChI is InChI=1S/C10H8BrNO3/c11-7-1-3-8(4-2-7)12-9(13)5-6-10(14)15/h1-6H,(H,12,13)(H,14,15)/p-1. The van der Waals surface area contributed by atoms with E-state index in [9.17, 15) is 14.7 Å². The molecular formula is C10H7BrNO3-. The molecule has 1 aromatic rings. The summed E-state index contributed by atoms with van der Waals surface area (Å²) in [6.07, 6.45) is 1.57. The molecule has 0 aliphatic heterocycles. The van der Waals surface area contributed by atoms with Gasteiger partial charge in [-0.3, -0.25) is 4.79 Å². The molecule has 0 bridgehead atoms. The van der Waals surface area contributed by atoms with E-state index >= 15 is 0 Å². The molecular weight excluding hydrogens is 262 g/mol. The van der Waals surface area contributed by atoms with Crippen LogP contribution in [-0.4, -0.2) is 11.9 Å². The van der Waals surface area contributed by atoms with Crippen molar-refractivity contribution in [2.75, 3.05) is 5.32 Å². The topological polar surface area (TPSA) is 69.2 Å². The minimum Gasteiger partial charge on any atom is -0.545 e. The molecule has 0 saturated carbocycles. The second-order valence-corrected chi connectivity index (χ2v) is 3.56. The van der Waals surface area contributed by atoms with Crippen molar-refractivity contribution in [2.45, 2.75) is 0 Å². The van der Waals surface area contributed by atoms with E-state index < -0.39 is 11.9 Å². The Hall–Kier alpha value is -1.62. The van der Waals surface area contributed by atoms with Crippen molar-refractivity contribution >= 4 is 33.5 Å². The predicted octanol–water partition coefficient (Wildman–Crippen LogP) is 0.694. The SMILES string of the molecule is O=C([O-])C=CC(=O)Nc1ccc(Br)cc1. The van der Waals surface area contributed by atoms with Crippen molar-refractivity contribution in [1.82, 2.24) is 0 Å². The largest absolute Gasteiger partial charge is 0.545 e. The monoisotopic (exact) mass is 268 g/mol. The molecule has 0 aliphatic rings. The molecule has 0 saturated heterocycles. The van der Waals surface area contributed by atoms with Gasteiger partial charge in [0.1, 0.15) is 0 Å². The highest BCUT2D eigenvalue weighted by Crippen LogP contribution is 2.13. The maximum absolute atomic E-state index is 11.1. The summed E-state index contributed by atoms with van der Waals surface area (Å²) in [5.41, 5.74) is 0.589. The molecule has 1 aromatic carbocycles. The Balaban J connectivity index is 2.59. The van der Waals surface area contributed by atoms with Crippen molar-refractivity contribution in [3.63, 3.8) is 0 Å². The van der Waals surface area contributed by atoms with Crippen LogP contribution in [0.15, 0.2) is 40.9 Å². The number of benzene rings is 1. The summed E-state index contributed by atoms with van der Waals surface area (Å²) in [5, 5.41) is 12.5. The fourth-order valence-corrected chi connectivity index (χ4v) is 1.13. The number of carboxylic acid groups (broad SMARTS) is 1. The van der Waals surface area contributed by atoms with Gasteiger partial charge in [-0.2, -0.15) is 0 Å². The Morgan fingerprint density at radius 2 is 1.80 bits per heavy atom. The van der Waals surface area contributed by atoms with Crippen LogP contribution in [0.5, 0.6) is 0 Å². The number of hydrogen-bond acceptors (Lipinski definition) is 3. The van der Waals surface area contributed by atoms with Crippen LogP contribution in [0.2, 0.25) is 0 Å². The van der Waals surface area contributed by atoms with Gasteiger partial charge in [-0.1, -0.05) is 15.9 Å². The summed E-state index contributed by atoms with van der Waals surface area (Å²) in [6, 6.07) is 6.90. The minimum atomic E-state index is -1.40. The Bertz CT molecular complexity index is 398. The van der Waals surface area contributed by atoms with Gasteiger partial charge in [-0.25, -0.2) is 0 Å². The summed E-state index contributed by atoms with van der Waals surface area (Å²) >= 11 is 3.25. The lowest BCUT2D eigenvalue weighted by Gasteiger charge is -2.01. The number of carboxylic acids is 1. The first-order chi connectivity index (χ1) is 7.08. The molecule has 5 heteroatoms. The van der Waals surface area contributed by atoms with Crippen LogP contribution in [0.3, 0.4) is 0 Å². The maximum atomic E-state index is 11.1. The molecule has 15 heavy (non-hydrogen) atoms. The molecule has 1 rings (SSSR count). The van der Waals surface area contributed by atoms with Crippen molar-refractivity contribution < 1.29 is 14.7 Å². The van der Waals surface area contributed by atoms with Crippen molar-refractivity contribution in [3.05, 3.63) is 40.9 Å². The highest BCUT2D eigenvalue weighted by atomic mass is 79.9. The Morgan fingerprint density at radius 3 is 2.33 bits per heavy atom. The van der Waals surface area contributed by atoms with E-state index in [0.717, 1.165) is 10.5 Å². The zero-order chi connectivity index (χ0) is 11.3. The molecule has 1 amide bonds. The molecule has 0 aromatic heterocycles. The Morgan fingerprint density at radius 1 is 1.20 bits per heavy atom. The van der Waals surface area contributed by atoms with Crippen LogP contribution in [0.4, 0.5) is 5.69 Å². The highest BCUT2D eigenvalue weighted by molar-refractivity contribution is 9.10. The lowest BCUT2D eigenvalue weighted by atomic mass is 10.3. The zero-order valence-corrected chi connectivity index (χ0v) is 9.15.